The minimum absolute atomic E-state index is 0.0208. The van der Waals surface area contributed by atoms with Gasteiger partial charge in [0, 0.05) is 12.2 Å². The Morgan fingerprint density at radius 2 is 2.16 bits per heavy atom. The summed E-state index contributed by atoms with van der Waals surface area (Å²) in [6, 6.07) is 3.01. The third-order valence-corrected chi connectivity index (χ3v) is 5.60. The van der Waals surface area contributed by atoms with E-state index in [-0.39, 0.29) is 10.9 Å². The van der Waals surface area contributed by atoms with Crippen LogP contribution in [0, 0.1) is 11.8 Å². The Balaban J connectivity index is 2.12. The van der Waals surface area contributed by atoms with Crippen molar-refractivity contribution in [2.75, 3.05) is 5.73 Å². The van der Waals surface area contributed by atoms with Crippen molar-refractivity contribution < 1.29 is 8.42 Å². The van der Waals surface area contributed by atoms with Crippen molar-refractivity contribution >= 4 is 15.8 Å². The number of pyridine rings is 1. The summed E-state index contributed by atoms with van der Waals surface area (Å²) >= 11 is 0. The van der Waals surface area contributed by atoms with Crippen LogP contribution < -0.4 is 10.5 Å². The van der Waals surface area contributed by atoms with E-state index in [1.807, 2.05) is 0 Å². The number of hydrogen-bond donors (Lipinski definition) is 2. The molecule has 19 heavy (non-hydrogen) atoms. The largest absolute Gasteiger partial charge is 0.384 e. The van der Waals surface area contributed by atoms with Gasteiger partial charge >= 0.3 is 0 Å². The maximum Gasteiger partial charge on any atom is 0.242 e. The van der Waals surface area contributed by atoms with E-state index in [1.54, 1.807) is 0 Å². The lowest BCUT2D eigenvalue weighted by molar-refractivity contribution is 0.368. The summed E-state index contributed by atoms with van der Waals surface area (Å²) in [4.78, 5) is 4.00. The zero-order chi connectivity index (χ0) is 14.0. The van der Waals surface area contributed by atoms with Crippen molar-refractivity contribution in [2.24, 2.45) is 11.8 Å². The van der Waals surface area contributed by atoms with Gasteiger partial charge < -0.3 is 5.73 Å². The molecule has 1 aliphatic rings. The van der Waals surface area contributed by atoms with Crippen LogP contribution in [0.3, 0.4) is 0 Å². The van der Waals surface area contributed by atoms with Gasteiger partial charge in [0.1, 0.15) is 10.7 Å². The molecule has 5 nitrogen and oxygen atoms in total. The molecule has 6 heteroatoms. The van der Waals surface area contributed by atoms with E-state index >= 15 is 0 Å². The first-order valence-electron chi connectivity index (χ1n) is 6.68. The lowest BCUT2D eigenvalue weighted by atomic mass is 9.94. The van der Waals surface area contributed by atoms with Gasteiger partial charge in [0.05, 0.1) is 0 Å². The standard InChI is InChI=1S/C13H21N3O2S/c1-3-10-4-6-12(9(10)2)16-19(17,18)11-5-7-13(14)15-8-11/h5,7-10,12,16H,3-4,6H2,1-2H3,(H2,14,15). The fourth-order valence-corrected chi connectivity index (χ4v) is 4.11. The molecule has 1 heterocycles. The summed E-state index contributed by atoms with van der Waals surface area (Å²) in [5.74, 6) is 1.30. The number of nitrogens with zero attached hydrogens (tertiary/aromatic N) is 1. The molecular formula is C13H21N3O2S. The topological polar surface area (TPSA) is 85.1 Å². The quantitative estimate of drug-likeness (QED) is 0.882. The van der Waals surface area contributed by atoms with Crippen LogP contribution in [0.15, 0.2) is 23.2 Å². The van der Waals surface area contributed by atoms with E-state index in [9.17, 15) is 8.42 Å². The molecule has 1 aromatic heterocycles. The lowest BCUT2D eigenvalue weighted by Gasteiger charge is -2.20. The summed E-state index contributed by atoms with van der Waals surface area (Å²) < 4.78 is 27.3. The highest BCUT2D eigenvalue weighted by atomic mass is 32.2. The first kappa shape index (κ1) is 14.3. The summed E-state index contributed by atoms with van der Waals surface area (Å²) in [7, 11) is -3.49. The number of anilines is 1. The predicted molar refractivity (Wildman–Crippen MR) is 74.9 cm³/mol. The van der Waals surface area contributed by atoms with Crippen molar-refractivity contribution in [1.82, 2.24) is 9.71 Å². The van der Waals surface area contributed by atoms with E-state index in [0.717, 1.165) is 19.3 Å². The maximum absolute atomic E-state index is 12.2. The Morgan fingerprint density at radius 3 is 2.68 bits per heavy atom. The third-order valence-electron chi connectivity index (χ3n) is 4.13. The number of nitrogens with one attached hydrogen (secondary N) is 1. The van der Waals surface area contributed by atoms with E-state index in [2.05, 4.69) is 23.6 Å². The van der Waals surface area contributed by atoms with Gasteiger partial charge in [-0.05, 0) is 36.8 Å². The fourth-order valence-electron chi connectivity index (χ4n) is 2.81. The molecule has 3 N–H and O–H groups in total. The van der Waals surface area contributed by atoms with Crippen molar-refractivity contribution in [3.8, 4) is 0 Å². The molecule has 3 unspecified atom stereocenters. The molecule has 1 aromatic rings. The normalized spacial score (nSPS) is 27.6. The molecular weight excluding hydrogens is 262 g/mol. The van der Waals surface area contributed by atoms with Gasteiger partial charge in [-0.1, -0.05) is 20.3 Å². The number of hydrogen-bond acceptors (Lipinski definition) is 4. The van der Waals surface area contributed by atoms with Gasteiger partial charge in [0.2, 0.25) is 10.0 Å². The molecule has 3 atom stereocenters. The Labute approximate surface area is 114 Å². The van der Waals surface area contributed by atoms with Crippen LogP contribution in [-0.4, -0.2) is 19.4 Å². The van der Waals surface area contributed by atoms with Crippen molar-refractivity contribution in [2.45, 2.75) is 44.0 Å². The fraction of sp³-hybridized carbons (Fsp3) is 0.615. The van der Waals surface area contributed by atoms with E-state index < -0.39 is 10.0 Å². The number of nitrogens with two attached hydrogens (primary N) is 1. The molecule has 0 saturated heterocycles. The molecule has 0 radical (unpaired) electrons. The smallest absolute Gasteiger partial charge is 0.242 e. The molecule has 0 amide bonds. The second-order valence-corrected chi connectivity index (χ2v) is 6.97. The zero-order valence-corrected chi connectivity index (χ0v) is 12.2. The SMILES string of the molecule is CCC1CCC(NS(=O)(=O)c2ccc(N)nc2)C1C. The molecule has 1 saturated carbocycles. The van der Waals surface area contributed by atoms with E-state index in [0.29, 0.717) is 17.7 Å². The van der Waals surface area contributed by atoms with Gasteiger partial charge in [-0.2, -0.15) is 0 Å². The zero-order valence-electron chi connectivity index (χ0n) is 11.3. The summed E-state index contributed by atoms with van der Waals surface area (Å²) in [5, 5.41) is 0. The highest BCUT2D eigenvalue weighted by Gasteiger charge is 2.34. The summed E-state index contributed by atoms with van der Waals surface area (Å²) in [6.45, 7) is 4.28. The average molecular weight is 283 g/mol. The maximum atomic E-state index is 12.2. The van der Waals surface area contributed by atoms with Gasteiger partial charge in [-0.15, -0.1) is 0 Å². The highest BCUT2D eigenvalue weighted by Crippen LogP contribution is 2.34. The molecule has 0 aliphatic heterocycles. The molecule has 2 rings (SSSR count). The Hall–Kier alpha value is -1.14. The van der Waals surface area contributed by atoms with E-state index in [1.165, 1.54) is 18.3 Å². The molecule has 1 aliphatic carbocycles. The predicted octanol–water partition coefficient (Wildman–Crippen LogP) is 1.77. The molecule has 0 aromatic carbocycles. The van der Waals surface area contributed by atoms with Crippen LogP contribution in [-0.2, 0) is 10.0 Å². The Kier molecular flexibility index (Phi) is 4.10. The number of rotatable bonds is 4. The van der Waals surface area contributed by atoms with Crippen LogP contribution in [0.4, 0.5) is 5.82 Å². The van der Waals surface area contributed by atoms with Crippen molar-refractivity contribution in [3.63, 3.8) is 0 Å². The number of aromatic nitrogens is 1. The van der Waals surface area contributed by atoms with Crippen LogP contribution in [0.5, 0.6) is 0 Å². The summed E-state index contributed by atoms with van der Waals surface area (Å²) in [5.41, 5.74) is 5.47. The Bertz CT molecular complexity index is 527. The van der Waals surface area contributed by atoms with Gasteiger partial charge in [0.25, 0.3) is 0 Å². The number of nitrogen functional groups attached to an aromatic ring is 1. The second-order valence-electron chi connectivity index (χ2n) is 5.25. The average Bonchev–Trinajstić information content (AvgIpc) is 2.70. The molecule has 1 fully saturated rings. The minimum Gasteiger partial charge on any atom is -0.384 e. The molecule has 106 valence electrons. The Morgan fingerprint density at radius 1 is 1.42 bits per heavy atom. The van der Waals surface area contributed by atoms with Crippen LogP contribution >= 0.6 is 0 Å². The molecule has 0 bridgehead atoms. The number of sulfonamides is 1. The lowest BCUT2D eigenvalue weighted by Crippen LogP contribution is -2.37. The van der Waals surface area contributed by atoms with Gasteiger partial charge in [-0.3, -0.25) is 0 Å². The van der Waals surface area contributed by atoms with Crippen LogP contribution in [0.1, 0.15) is 33.1 Å². The van der Waals surface area contributed by atoms with Gasteiger partial charge in [0.15, 0.2) is 0 Å². The minimum atomic E-state index is -3.49. The van der Waals surface area contributed by atoms with Crippen LogP contribution in [0.2, 0.25) is 0 Å². The molecule has 0 spiro atoms. The van der Waals surface area contributed by atoms with Gasteiger partial charge in [-0.25, -0.2) is 18.1 Å². The van der Waals surface area contributed by atoms with Crippen molar-refractivity contribution in [3.05, 3.63) is 18.3 Å². The highest BCUT2D eigenvalue weighted by molar-refractivity contribution is 7.89. The summed E-state index contributed by atoms with van der Waals surface area (Å²) in [6.07, 6.45) is 4.39. The second kappa shape index (κ2) is 5.46. The first-order valence-corrected chi connectivity index (χ1v) is 8.16. The monoisotopic (exact) mass is 283 g/mol. The van der Waals surface area contributed by atoms with E-state index in [4.69, 9.17) is 5.73 Å². The van der Waals surface area contributed by atoms with Crippen molar-refractivity contribution in [1.29, 1.82) is 0 Å². The third kappa shape index (κ3) is 3.06. The first-order chi connectivity index (χ1) is 8.94. The van der Waals surface area contributed by atoms with Crippen LogP contribution in [0.25, 0.3) is 0 Å².